The molecule has 1 aliphatic carbocycles. The predicted molar refractivity (Wildman–Crippen MR) is 85.5 cm³/mol. The summed E-state index contributed by atoms with van der Waals surface area (Å²) in [6, 6.07) is 8.18. The Morgan fingerprint density at radius 2 is 1.90 bits per heavy atom. The lowest BCUT2D eigenvalue weighted by atomic mass is 9.76. The maximum Gasteiger partial charge on any atom is 0.305 e. The van der Waals surface area contributed by atoms with Gasteiger partial charge in [0.2, 0.25) is 0 Å². The lowest BCUT2D eigenvalue weighted by Crippen LogP contribution is -2.44. The second-order valence-corrected chi connectivity index (χ2v) is 6.19. The Balaban J connectivity index is 2.00. The number of benzene rings is 1. The van der Waals surface area contributed by atoms with Gasteiger partial charge in [-0.25, -0.2) is 0 Å². The molecule has 0 unspecified atom stereocenters. The molecular weight excluding hydrogens is 286 g/mol. The number of halogens is 1. The van der Waals surface area contributed by atoms with Gasteiger partial charge in [0, 0.05) is 17.0 Å². The molecule has 1 aromatic carbocycles. The molecule has 4 heteroatoms. The predicted octanol–water partition coefficient (Wildman–Crippen LogP) is 4.04. The van der Waals surface area contributed by atoms with E-state index in [4.69, 9.17) is 11.6 Å². The molecule has 1 saturated carbocycles. The summed E-state index contributed by atoms with van der Waals surface area (Å²) in [5.41, 5.74) is 1.35. The van der Waals surface area contributed by atoms with E-state index in [0.717, 1.165) is 30.8 Å². The summed E-state index contributed by atoms with van der Waals surface area (Å²) in [6.07, 6.45) is 7.36. The maximum atomic E-state index is 11.2. The number of rotatable bonds is 6. The number of methoxy groups -OCH3 is 1. The number of ether oxygens (including phenoxy) is 1. The molecule has 0 amide bonds. The van der Waals surface area contributed by atoms with Crippen molar-refractivity contribution < 1.29 is 9.53 Å². The minimum absolute atomic E-state index is 0.0406. The van der Waals surface area contributed by atoms with Crippen LogP contribution in [0.2, 0.25) is 5.02 Å². The Morgan fingerprint density at radius 1 is 1.24 bits per heavy atom. The second-order valence-electron chi connectivity index (χ2n) is 5.76. The SMILES string of the molecule is COC(=O)CCCNC1(c2ccc(Cl)cc2)CCCCC1. The molecule has 2 rings (SSSR count). The van der Waals surface area contributed by atoms with Crippen molar-refractivity contribution >= 4 is 17.6 Å². The highest BCUT2D eigenvalue weighted by Crippen LogP contribution is 2.37. The van der Waals surface area contributed by atoms with Crippen LogP contribution >= 0.6 is 11.6 Å². The number of esters is 1. The van der Waals surface area contributed by atoms with Gasteiger partial charge in [-0.3, -0.25) is 4.79 Å². The van der Waals surface area contributed by atoms with E-state index >= 15 is 0 Å². The van der Waals surface area contributed by atoms with E-state index in [0.29, 0.717) is 6.42 Å². The molecule has 1 fully saturated rings. The van der Waals surface area contributed by atoms with E-state index in [-0.39, 0.29) is 11.5 Å². The lowest BCUT2D eigenvalue weighted by Gasteiger charge is -2.39. The number of hydrogen-bond donors (Lipinski definition) is 1. The molecule has 21 heavy (non-hydrogen) atoms. The molecule has 0 aromatic heterocycles. The summed E-state index contributed by atoms with van der Waals surface area (Å²) in [5.74, 6) is -0.138. The summed E-state index contributed by atoms with van der Waals surface area (Å²) in [7, 11) is 1.44. The van der Waals surface area contributed by atoms with E-state index < -0.39 is 0 Å². The van der Waals surface area contributed by atoms with Crippen molar-refractivity contribution in [1.82, 2.24) is 5.32 Å². The van der Waals surface area contributed by atoms with Crippen molar-refractivity contribution in [1.29, 1.82) is 0 Å². The van der Waals surface area contributed by atoms with Gasteiger partial charge in [-0.2, -0.15) is 0 Å². The third-order valence-corrected chi connectivity index (χ3v) is 4.60. The number of carbonyl (C=O) groups excluding carboxylic acids is 1. The topological polar surface area (TPSA) is 38.3 Å². The summed E-state index contributed by atoms with van der Waals surface area (Å²) < 4.78 is 4.68. The van der Waals surface area contributed by atoms with Gasteiger partial charge in [-0.1, -0.05) is 43.0 Å². The van der Waals surface area contributed by atoms with Crippen molar-refractivity contribution in [2.75, 3.05) is 13.7 Å². The molecular formula is C17H24ClNO2. The van der Waals surface area contributed by atoms with E-state index in [2.05, 4.69) is 22.2 Å². The highest BCUT2D eigenvalue weighted by Gasteiger charge is 2.32. The Kier molecular flexibility index (Phi) is 6.07. The van der Waals surface area contributed by atoms with E-state index in [9.17, 15) is 4.79 Å². The van der Waals surface area contributed by atoms with Crippen LogP contribution in [-0.2, 0) is 15.1 Å². The fraction of sp³-hybridized carbons (Fsp3) is 0.588. The van der Waals surface area contributed by atoms with Crippen LogP contribution in [0.25, 0.3) is 0 Å². The first-order chi connectivity index (χ1) is 10.2. The maximum absolute atomic E-state index is 11.2. The van der Waals surface area contributed by atoms with Gasteiger partial charge in [-0.05, 0) is 43.5 Å². The molecule has 0 radical (unpaired) electrons. The Bertz CT molecular complexity index is 452. The first-order valence-electron chi connectivity index (χ1n) is 7.74. The second kappa shape index (κ2) is 7.81. The summed E-state index contributed by atoms with van der Waals surface area (Å²) in [6.45, 7) is 0.831. The average Bonchev–Trinajstić information content (AvgIpc) is 2.53. The molecule has 1 aromatic rings. The van der Waals surface area contributed by atoms with E-state index in [1.807, 2.05) is 12.1 Å². The van der Waals surface area contributed by atoms with Crippen LogP contribution in [0.15, 0.2) is 24.3 Å². The van der Waals surface area contributed by atoms with Crippen LogP contribution in [0, 0.1) is 0 Å². The monoisotopic (exact) mass is 309 g/mol. The fourth-order valence-corrected chi connectivity index (χ4v) is 3.28. The van der Waals surface area contributed by atoms with Crippen LogP contribution in [0.5, 0.6) is 0 Å². The summed E-state index contributed by atoms with van der Waals surface area (Å²) in [4.78, 5) is 11.2. The molecule has 0 aliphatic heterocycles. The van der Waals surface area contributed by atoms with Crippen molar-refractivity contribution in [2.45, 2.75) is 50.5 Å². The number of carbonyl (C=O) groups is 1. The van der Waals surface area contributed by atoms with Crippen molar-refractivity contribution in [3.8, 4) is 0 Å². The molecule has 1 aliphatic rings. The largest absolute Gasteiger partial charge is 0.469 e. The summed E-state index contributed by atoms with van der Waals surface area (Å²) in [5, 5.41) is 4.47. The summed E-state index contributed by atoms with van der Waals surface area (Å²) >= 11 is 6.00. The van der Waals surface area contributed by atoms with Crippen molar-refractivity contribution in [3.05, 3.63) is 34.9 Å². The van der Waals surface area contributed by atoms with E-state index in [1.54, 1.807) is 0 Å². The van der Waals surface area contributed by atoms with Gasteiger partial charge in [-0.15, -0.1) is 0 Å². The zero-order valence-corrected chi connectivity index (χ0v) is 13.4. The zero-order chi connectivity index (χ0) is 15.1. The lowest BCUT2D eigenvalue weighted by molar-refractivity contribution is -0.140. The molecule has 0 bridgehead atoms. The van der Waals surface area contributed by atoms with Gasteiger partial charge in [0.1, 0.15) is 0 Å². The molecule has 116 valence electrons. The van der Waals surface area contributed by atoms with Crippen molar-refractivity contribution in [3.63, 3.8) is 0 Å². The molecule has 0 atom stereocenters. The molecule has 0 heterocycles. The van der Waals surface area contributed by atoms with Crippen LogP contribution in [0.4, 0.5) is 0 Å². The smallest absolute Gasteiger partial charge is 0.305 e. The quantitative estimate of drug-likeness (QED) is 0.636. The Morgan fingerprint density at radius 3 is 2.52 bits per heavy atom. The Labute approximate surface area is 132 Å². The minimum Gasteiger partial charge on any atom is -0.469 e. The van der Waals surface area contributed by atoms with Gasteiger partial charge >= 0.3 is 5.97 Å². The van der Waals surface area contributed by atoms with Crippen LogP contribution in [0.3, 0.4) is 0 Å². The van der Waals surface area contributed by atoms with Gasteiger partial charge in [0.25, 0.3) is 0 Å². The fourth-order valence-electron chi connectivity index (χ4n) is 3.15. The molecule has 3 nitrogen and oxygen atoms in total. The molecule has 0 saturated heterocycles. The third kappa shape index (κ3) is 4.45. The molecule has 0 spiro atoms. The highest BCUT2D eigenvalue weighted by atomic mass is 35.5. The Hall–Kier alpha value is -1.06. The highest BCUT2D eigenvalue weighted by molar-refractivity contribution is 6.30. The third-order valence-electron chi connectivity index (χ3n) is 4.35. The van der Waals surface area contributed by atoms with Crippen LogP contribution in [-0.4, -0.2) is 19.6 Å². The van der Waals surface area contributed by atoms with Crippen molar-refractivity contribution in [2.24, 2.45) is 0 Å². The van der Waals surface area contributed by atoms with Crippen LogP contribution in [0.1, 0.15) is 50.5 Å². The number of hydrogen-bond acceptors (Lipinski definition) is 3. The standard InChI is InChI=1S/C17H24ClNO2/c1-21-16(20)6-5-13-19-17(11-3-2-4-12-17)14-7-9-15(18)10-8-14/h7-10,19H,2-6,11-13H2,1H3. The minimum atomic E-state index is -0.138. The average molecular weight is 310 g/mol. The van der Waals surface area contributed by atoms with Gasteiger partial charge in [0.15, 0.2) is 0 Å². The van der Waals surface area contributed by atoms with Gasteiger partial charge in [0.05, 0.1) is 7.11 Å². The van der Waals surface area contributed by atoms with Crippen LogP contribution < -0.4 is 5.32 Å². The number of nitrogens with one attached hydrogen (secondary N) is 1. The normalized spacial score (nSPS) is 17.4. The molecule has 1 N–H and O–H groups in total. The van der Waals surface area contributed by atoms with Gasteiger partial charge < -0.3 is 10.1 Å². The van der Waals surface area contributed by atoms with E-state index in [1.165, 1.54) is 31.9 Å². The first kappa shape index (κ1) is 16.3. The first-order valence-corrected chi connectivity index (χ1v) is 8.12. The zero-order valence-electron chi connectivity index (χ0n) is 12.7.